The monoisotopic (exact) mass is 266 g/mol. The van der Waals surface area contributed by atoms with Crippen molar-refractivity contribution < 1.29 is 8.78 Å². The zero-order chi connectivity index (χ0) is 13.8. The van der Waals surface area contributed by atoms with Crippen LogP contribution in [0.2, 0.25) is 0 Å². The lowest BCUT2D eigenvalue weighted by Crippen LogP contribution is -2.21. The second kappa shape index (κ2) is 5.79. The van der Waals surface area contributed by atoms with Crippen molar-refractivity contribution >= 4 is 5.82 Å². The molecule has 0 aliphatic carbocycles. The van der Waals surface area contributed by atoms with E-state index in [4.69, 9.17) is 5.73 Å². The summed E-state index contributed by atoms with van der Waals surface area (Å²) in [4.78, 5) is 2.05. The molecular weight excluding hydrogens is 250 g/mol. The summed E-state index contributed by atoms with van der Waals surface area (Å²) in [6, 6.07) is 5.76. The first kappa shape index (κ1) is 13.5. The number of nitrogens with two attached hydrogens (primary N) is 1. The number of hydrogen-bond donors (Lipinski definition) is 2. The summed E-state index contributed by atoms with van der Waals surface area (Å²) in [6.45, 7) is 1.40. The Morgan fingerprint density at radius 3 is 2.68 bits per heavy atom. The van der Waals surface area contributed by atoms with Crippen molar-refractivity contribution in [3.8, 4) is 0 Å². The van der Waals surface area contributed by atoms with Crippen LogP contribution in [0.15, 0.2) is 24.3 Å². The summed E-state index contributed by atoms with van der Waals surface area (Å²) >= 11 is 0. The van der Waals surface area contributed by atoms with Crippen molar-refractivity contribution in [2.45, 2.75) is 13.0 Å². The van der Waals surface area contributed by atoms with Gasteiger partial charge in [-0.15, -0.1) is 0 Å². The van der Waals surface area contributed by atoms with E-state index in [9.17, 15) is 8.78 Å². The van der Waals surface area contributed by atoms with Gasteiger partial charge in [-0.3, -0.25) is 5.10 Å². The van der Waals surface area contributed by atoms with Crippen molar-refractivity contribution in [2.24, 2.45) is 0 Å². The molecule has 0 spiro atoms. The van der Waals surface area contributed by atoms with E-state index < -0.39 is 11.6 Å². The number of hydrogen-bond acceptors (Lipinski definition) is 3. The molecule has 0 unspecified atom stereocenters. The van der Waals surface area contributed by atoms with Crippen LogP contribution in [-0.2, 0) is 13.0 Å². The minimum Gasteiger partial charge on any atom is -0.382 e. The number of benzene rings is 1. The van der Waals surface area contributed by atoms with Crippen LogP contribution in [0.3, 0.4) is 0 Å². The maximum atomic E-state index is 13.0. The van der Waals surface area contributed by atoms with Crippen LogP contribution < -0.4 is 5.73 Å². The number of H-pyrrole nitrogens is 1. The highest BCUT2D eigenvalue weighted by atomic mass is 19.2. The first-order valence-corrected chi connectivity index (χ1v) is 5.97. The molecule has 0 saturated heterocycles. The lowest BCUT2D eigenvalue weighted by Gasteiger charge is -2.15. The first-order valence-electron chi connectivity index (χ1n) is 5.97. The molecule has 0 amide bonds. The Hall–Kier alpha value is -1.95. The van der Waals surface area contributed by atoms with E-state index in [0.29, 0.717) is 18.8 Å². The molecule has 2 aromatic rings. The summed E-state index contributed by atoms with van der Waals surface area (Å²) in [5, 5.41) is 6.67. The van der Waals surface area contributed by atoms with E-state index in [1.807, 2.05) is 11.9 Å². The fourth-order valence-corrected chi connectivity index (χ4v) is 1.85. The summed E-state index contributed by atoms with van der Waals surface area (Å²) in [6.07, 6.45) is 0.650. The molecular formula is C13H16F2N4. The molecule has 4 nitrogen and oxygen atoms in total. The van der Waals surface area contributed by atoms with E-state index >= 15 is 0 Å². The maximum Gasteiger partial charge on any atom is 0.159 e. The normalized spacial score (nSPS) is 11.2. The molecule has 6 heteroatoms. The summed E-state index contributed by atoms with van der Waals surface area (Å²) in [7, 11) is 1.94. The van der Waals surface area contributed by atoms with E-state index in [-0.39, 0.29) is 0 Å². The number of aromatic nitrogens is 2. The zero-order valence-corrected chi connectivity index (χ0v) is 10.7. The van der Waals surface area contributed by atoms with Gasteiger partial charge in [-0.25, -0.2) is 8.78 Å². The molecule has 0 aliphatic rings. The Morgan fingerprint density at radius 2 is 2.05 bits per heavy atom. The Labute approximate surface area is 110 Å². The van der Waals surface area contributed by atoms with Gasteiger partial charge in [0, 0.05) is 19.2 Å². The van der Waals surface area contributed by atoms with Crippen molar-refractivity contribution in [1.82, 2.24) is 15.1 Å². The van der Waals surface area contributed by atoms with Crippen molar-refractivity contribution in [3.63, 3.8) is 0 Å². The number of nitrogens with zero attached hydrogens (tertiary/aromatic N) is 2. The number of nitrogen functional groups attached to an aromatic ring is 1. The summed E-state index contributed by atoms with van der Waals surface area (Å²) in [5.41, 5.74) is 7.21. The van der Waals surface area contributed by atoms with Crippen LogP contribution >= 0.6 is 0 Å². The first-order chi connectivity index (χ1) is 9.04. The average Bonchev–Trinajstić information content (AvgIpc) is 2.76. The van der Waals surface area contributed by atoms with E-state index in [0.717, 1.165) is 23.9 Å². The number of halogens is 2. The summed E-state index contributed by atoms with van der Waals surface area (Å²) < 4.78 is 25.8. The van der Waals surface area contributed by atoms with E-state index in [1.165, 1.54) is 6.07 Å². The maximum absolute atomic E-state index is 13.0. The van der Waals surface area contributed by atoms with Gasteiger partial charge < -0.3 is 10.6 Å². The van der Waals surface area contributed by atoms with Crippen molar-refractivity contribution in [1.29, 1.82) is 0 Å². The second-order valence-corrected chi connectivity index (χ2v) is 4.55. The fraction of sp³-hybridized carbons (Fsp3) is 0.308. The second-order valence-electron chi connectivity index (χ2n) is 4.55. The van der Waals surface area contributed by atoms with Gasteiger partial charge in [0.15, 0.2) is 11.6 Å². The standard InChI is InChI=1S/C13H16F2N4/c1-19(8-10-7-13(16)18-17-10)5-4-9-2-3-11(14)12(15)6-9/h2-3,6-7H,4-5,8H2,1H3,(H3,16,17,18). The molecule has 1 aromatic carbocycles. The number of anilines is 1. The third-order valence-corrected chi connectivity index (χ3v) is 2.86. The van der Waals surface area contributed by atoms with E-state index in [1.54, 1.807) is 12.1 Å². The van der Waals surface area contributed by atoms with Crippen LogP contribution in [0.25, 0.3) is 0 Å². The zero-order valence-electron chi connectivity index (χ0n) is 10.7. The molecule has 0 radical (unpaired) electrons. The number of nitrogens with one attached hydrogen (secondary N) is 1. The largest absolute Gasteiger partial charge is 0.382 e. The molecule has 1 aromatic heterocycles. The highest BCUT2D eigenvalue weighted by molar-refractivity contribution is 5.28. The Kier molecular flexibility index (Phi) is 4.11. The molecule has 0 aliphatic heterocycles. The van der Waals surface area contributed by atoms with Gasteiger partial charge in [-0.05, 0) is 31.2 Å². The quantitative estimate of drug-likeness (QED) is 0.869. The Bertz CT molecular complexity index is 553. The van der Waals surface area contributed by atoms with Gasteiger partial charge in [-0.2, -0.15) is 5.10 Å². The van der Waals surface area contributed by atoms with Crippen LogP contribution in [0.4, 0.5) is 14.6 Å². The van der Waals surface area contributed by atoms with Gasteiger partial charge >= 0.3 is 0 Å². The number of likely N-dealkylation sites (N-methyl/N-ethyl adjacent to an activating group) is 1. The van der Waals surface area contributed by atoms with Gasteiger partial charge in [-0.1, -0.05) is 6.07 Å². The smallest absolute Gasteiger partial charge is 0.159 e. The van der Waals surface area contributed by atoms with Crippen molar-refractivity contribution in [3.05, 3.63) is 47.2 Å². The fourth-order valence-electron chi connectivity index (χ4n) is 1.85. The molecule has 19 heavy (non-hydrogen) atoms. The molecule has 0 saturated carbocycles. The van der Waals surface area contributed by atoms with Gasteiger partial charge in [0.2, 0.25) is 0 Å². The predicted molar refractivity (Wildman–Crippen MR) is 69.4 cm³/mol. The van der Waals surface area contributed by atoms with Crippen LogP contribution in [0, 0.1) is 11.6 Å². The Balaban J connectivity index is 1.86. The molecule has 102 valence electrons. The highest BCUT2D eigenvalue weighted by Crippen LogP contribution is 2.10. The lowest BCUT2D eigenvalue weighted by atomic mass is 10.1. The molecule has 1 heterocycles. The summed E-state index contributed by atoms with van der Waals surface area (Å²) in [5.74, 6) is -1.16. The average molecular weight is 266 g/mol. The third-order valence-electron chi connectivity index (χ3n) is 2.86. The minimum atomic E-state index is -0.815. The van der Waals surface area contributed by atoms with E-state index in [2.05, 4.69) is 10.2 Å². The van der Waals surface area contributed by atoms with Crippen LogP contribution in [-0.4, -0.2) is 28.7 Å². The van der Waals surface area contributed by atoms with Gasteiger partial charge in [0.1, 0.15) is 5.82 Å². The van der Waals surface area contributed by atoms with Gasteiger partial charge in [0.05, 0.1) is 5.69 Å². The topological polar surface area (TPSA) is 57.9 Å². The molecule has 0 atom stereocenters. The Morgan fingerprint density at radius 1 is 1.26 bits per heavy atom. The van der Waals surface area contributed by atoms with Crippen molar-refractivity contribution in [2.75, 3.05) is 19.3 Å². The third kappa shape index (κ3) is 3.75. The van der Waals surface area contributed by atoms with Crippen LogP contribution in [0.1, 0.15) is 11.3 Å². The lowest BCUT2D eigenvalue weighted by molar-refractivity contribution is 0.326. The SMILES string of the molecule is CN(CCc1ccc(F)c(F)c1)Cc1cc(N)n[nH]1. The molecule has 3 N–H and O–H groups in total. The van der Waals surface area contributed by atoms with Gasteiger partial charge in [0.25, 0.3) is 0 Å². The molecule has 0 bridgehead atoms. The predicted octanol–water partition coefficient (Wildman–Crippen LogP) is 1.94. The number of rotatable bonds is 5. The molecule has 0 fully saturated rings. The number of aromatic amines is 1. The molecule has 2 rings (SSSR count). The van der Waals surface area contributed by atoms with Crippen LogP contribution in [0.5, 0.6) is 0 Å². The highest BCUT2D eigenvalue weighted by Gasteiger charge is 2.06. The minimum absolute atomic E-state index is 0.462.